The van der Waals surface area contributed by atoms with Crippen molar-refractivity contribution >= 4 is 5.91 Å². The van der Waals surface area contributed by atoms with Crippen LogP contribution in [0.5, 0.6) is 0 Å². The average Bonchev–Trinajstić information content (AvgIpc) is 2.59. The Bertz CT molecular complexity index is 611. The van der Waals surface area contributed by atoms with Gasteiger partial charge in [-0.1, -0.05) is 54.6 Å². The lowest BCUT2D eigenvalue weighted by Gasteiger charge is -2.11. The second kappa shape index (κ2) is 9.85. The Hall–Kier alpha value is -2.17. The number of aliphatic hydroxyl groups is 1. The topological polar surface area (TPSA) is 75.4 Å². The van der Waals surface area contributed by atoms with Crippen molar-refractivity contribution in [3.05, 3.63) is 71.3 Å². The fourth-order valence-corrected chi connectivity index (χ4v) is 2.60. The largest absolute Gasteiger partial charge is 0.393 e. The molecule has 4 heteroatoms. The molecule has 2 aromatic rings. The van der Waals surface area contributed by atoms with Gasteiger partial charge in [0.1, 0.15) is 0 Å². The first kappa shape index (κ1) is 18.2. The van der Waals surface area contributed by atoms with Gasteiger partial charge < -0.3 is 16.2 Å². The molecular formula is C20H26N2O2. The van der Waals surface area contributed by atoms with Gasteiger partial charge in [-0.25, -0.2) is 0 Å². The molecule has 0 aliphatic rings. The van der Waals surface area contributed by atoms with Crippen LogP contribution in [-0.4, -0.2) is 23.7 Å². The van der Waals surface area contributed by atoms with Gasteiger partial charge in [0.25, 0.3) is 0 Å². The highest BCUT2D eigenvalue weighted by Gasteiger charge is 2.04. The molecule has 0 aliphatic carbocycles. The van der Waals surface area contributed by atoms with Crippen molar-refractivity contribution < 1.29 is 9.90 Å². The highest BCUT2D eigenvalue weighted by atomic mass is 16.3. The van der Waals surface area contributed by atoms with Crippen molar-refractivity contribution in [3.8, 4) is 0 Å². The van der Waals surface area contributed by atoms with Crippen LogP contribution in [0, 0.1) is 0 Å². The SMILES string of the molecule is NC(=O)Cc1ccc(CNCC[C@H](O)CCc2ccccc2)cc1. The Morgan fingerprint density at radius 1 is 0.958 bits per heavy atom. The molecule has 128 valence electrons. The number of aryl methyl sites for hydroxylation is 1. The standard InChI is InChI=1S/C20H26N2O2/c21-20(24)14-17-6-8-18(9-7-17)15-22-13-12-19(23)11-10-16-4-2-1-3-5-16/h1-9,19,22-23H,10-15H2,(H2,21,24)/t19-/m1/s1. The van der Waals surface area contributed by atoms with Gasteiger partial charge in [-0.3, -0.25) is 4.79 Å². The normalized spacial score (nSPS) is 12.0. The summed E-state index contributed by atoms with van der Waals surface area (Å²) >= 11 is 0. The van der Waals surface area contributed by atoms with Crippen molar-refractivity contribution in [1.82, 2.24) is 5.32 Å². The molecule has 0 saturated heterocycles. The van der Waals surface area contributed by atoms with Crippen molar-refractivity contribution in [2.45, 2.75) is 38.3 Å². The summed E-state index contributed by atoms with van der Waals surface area (Å²) in [5.74, 6) is -0.314. The number of carbonyl (C=O) groups is 1. The van der Waals surface area contributed by atoms with Crippen molar-refractivity contribution in [2.75, 3.05) is 6.54 Å². The van der Waals surface area contributed by atoms with Gasteiger partial charge in [0.05, 0.1) is 12.5 Å². The molecule has 0 spiro atoms. The van der Waals surface area contributed by atoms with Gasteiger partial charge in [0.2, 0.25) is 5.91 Å². The van der Waals surface area contributed by atoms with Crippen molar-refractivity contribution in [1.29, 1.82) is 0 Å². The Balaban J connectivity index is 1.61. The number of carbonyl (C=O) groups excluding carboxylic acids is 1. The molecule has 4 N–H and O–H groups in total. The molecule has 0 aromatic heterocycles. The van der Waals surface area contributed by atoms with Gasteiger partial charge in [-0.2, -0.15) is 0 Å². The zero-order valence-corrected chi connectivity index (χ0v) is 13.9. The van der Waals surface area contributed by atoms with E-state index < -0.39 is 0 Å². The molecule has 0 unspecified atom stereocenters. The Kier molecular flexibility index (Phi) is 7.46. The smallest absolute Gasteiger partial charge is 0.221 e. The fraction of sp³-hybridized carbons (Fsp3) is 0.350. The lowest BCUT2D eigenvalue weighted by Crippen LogP contribution is -2.20. The third-order valence-corrected chi connectivity index (χ3v) is 3.99. The Morgan fingerprint density at radius 3 is 2.29 bits per heavy atom. The molecule has 24 heavy (non-hydrogen) atoms. The molecule has 0 heterocycles. The third kappa shape index (κ3) is 6.94. The first-order valence-corrected chi connectivity index (χ1v) is 8.42. The van der Waals surface area contributed by atoms with E-state index in [1.54, 1.807) is 0 Å². The fourth-order valence-electron chi connectivity index (χ4n) is 2.60. The van der Waals surface area contributed by atoms with Gasteiger partial charge in [-0.05, 0) is 42.5 Å². The summed E-state index contributed by atoms with van der Waals surface area (Å²) in [7, 11) is 0. The molecule has 0 fully saturated rings. The van der Waals surface area contributed by atoms with Crippen molar-refractivity contribution in [3.63, 3.8) is 0 Å². The molecule has 0 bridgehead atoms. The van der Waals surface area contributed by atoms with E-state index in [1.807, 2.05) is 42.5 Å². The third-order valence-electron chi connectivity index (χ3n) is 3.99. The molecule has 4 nitrogen and oxygen atoms in total. The lowest BCUT2D eigenvalue weighted by molar-refractivity contribution is -0.117. The lowest BCUT2D eigenvalue weighted by atomic mass is 10.1. The predicted molar refractivity (Wildman–Crippen MR) is 96.4 cm³/mol. The Morgan fingerprint density at radius 2 is 1.62 bits per heavy atom. The maximum Gasteiger partial charge on any atom is 0.221 e. The van der Waals surface area contributed by atoms with Gasteiger partial charge in [0.15, 0.2) is 0 Å². The number of benzene rings is 2. The van der Waals surface area contributed by atoms with E-state index in [2.05, 4.69) is 17.4 Å². The summed E-state index contributed by atoms with van der Waals surface area (Å²) in [6, 6.07) is 18.1. The second-order valence-corrected chi connectivity index (χ2v) is 6.10. The maximum absolute atomic E-state index is 10.9. The van der Waals surface area contributed by atoms with E-state index in [1.165, 1.54) is 5.56 Å². The quantitative estimate of drug-likeness (QED) is 0.586. The molecule has 2 rings (SSSR count). The second-order valence-electron chi connectivity index (χ2n) is 6.10. The van der Waals surface area contributed by atoms with Crippen LogP contribution in [0.25, 0.3) is 0 Å². The van der Waals surface area contributed by atoms with E-state index in [0.717, 1.165) is 43.5 Å². The first-order valence-electron chi connectivity index (χ1n) is 8.42. The van der Waals surface area contributed by atoms with E-state index in [0.29, 0.717) is 0 Å². The van der Waals surface area contributed by atoms with Gasteiger partial charge in [-0.15, -0.1) is 0 Å². The number of amides is 1. The number of nitrogens with two attached hydrogens (primary N) is 1. The highest BCUT2D eigenvalue weighted by molar-refractivity contribution is 5.76. The molecule has 0 saturated carbocycles. The number of hydrogen-bond donors (Lipinski definition) is 3. The minimum Gasteiger partial charge on any atom is -0.393 e. The molecule has 0 radical (unpaired) electrons. The number of rotatable bonds is 10. The van der Waals surface area contributed by atoms with Crippen LogP contribution in [0.3, 0.4) is 0 Å². The number of primary amides is 1. The molecule has 0 aliphatic heterocycles. The van der Waals surface area contributed by atoms with E-state index in [9.17, 15) is 9.90 Å². The zero-order valence-electron chi connectivity index (χ0n) is 13.9. The summed E-state index contributed by atoms with van der Waals surface area (Å²) in [5, 5.41) is 13.4. The summed E-state index contributed by atoms with van der Waals surface area (Å²) in [5.41, 5.74) is 8.53. The molecule has 1 atom stereocenters. The zero-order chi connectivity index (χ0) is 17.2. The summed E-state index contributed by atoms with van der Waals surface area (Å²) in [6.45, 7) is 1.53. The molecule has 1 amide bonds. The van der Waals surface area contributed by atoms with Crippen molar-refractivity contribution in [2.24, 2.45) is 5.73 Å². The molecule has 2 aromatic carbocycles. The van der Waals surface area contributed by atoms with Crippen LogP contribution >= 0.6 is 0 Å². The minimum atomic E-state index is -0.314. The number of hydrogen-bond acceptors (Lipinski definition) is 3. The Labute approximate surface area is 143 Å². The first-order chi connectivity index (χ1) is 11.6. The van der Waals surface area contributed by atoms with Crippen LogP contribution in [0.2, 0.25) is 0 Å². The molecular weight excluding hydrogens is 300 g/mol. The predicted octanol–water partition coefficient (Wildman–Crippen LogP) is 2.19. The van der Waals surface area contributed by atoms with E-state index >= 15 is 0 Å². The van der Waals surface area contributed by atoms with Crippen LogP contribution in [0.15, 0.2) is 54.6 Å². The van der Waals surface area contributed by atoms with E-state index in [-0.39, 0.29) is 18.4 Å². The number of aliphatic hydroxyl groups excluding tert-OH is 1. The van der Waals surface area contributed by atoms with Crippen LogP contribution < -0.4 is 11.1 Å². The number of nitrogens with one attached hydrogen (secondary N) is 1. The summed E-state index contributed by atoms with van der Waals surface area (Å²) in [4.78, 5) is 10.9. The minimum absolute atomic E-state index is 0.279. The summed E-state index contributed by atoms with van der Waals surface area (Å²) in [6.07, 6.45) is 2.43. The van der Waals surface area contributed by atoms with Crippen LogP contribution in [0.4, 0.5) is 0 Å². The average molecular weight is 326 g/mol. The van der Waals surface area contributed by atoms with Crippen LogP contribution in [-0.2, 0) is 24.2 Å². The van der Waals surface area contributed by atoms with Gasteiger partial charge >= 0.3 is 0 Å². The maximum atomic E-state index is 10.9. The highest BCUT2D eigenvalue weighted by Crippen LogP contribution is 2.08. The van der Waals surface area contributed by atoms with E-state index in [4.69, 9.17) is 5.73 Å². The monoisotopic (exact) mass is 326 g/mol. The van der Waals surface area contributed by atoms with Crippen LogP contribution in [0.1, 0.15) is 29.5 Å². The van der Waals surface area contributed by atoms with Gasteiger partial charge in [0, 0.05) is 6.54 Å². The summed E-state index contributed by atoms with van der Waals surface area (Å²) < 4.78 is 0.